The molecular formula is C13H18N2. The number of fused-ring (bicyclic) bond motifs is 2. The van der Waals surface area contributed by atoms with Crippen LogP contribution in [-0.2, 0) is 6.54 Å². The molecule has 80 valence electrons. The van der Waals surface area contributed by atoms with Gasteiger partial charge in [-0.3, -0.25) is 4.90 Å². The monoisotopic (exact) mass is 202 g/mol. The highest BCUT2D eigenvalue weighted by Crippen LogP contribution is 2.41. The Morgan fingerprint density at radius 1 is 1.27 bits per heavy atom. The van der Waals surface area contributed by atoms with Crippen LogP contribution >= 0.6 is 0 Å². The average molecular weight is 202 g/mol. The van der Waals surface area contributed by atoms with Gasteiger partial charge in [0.15, 0.2) is 0 Å². The van der Waals surface area contributed by atoms with Gasteiger partial charge in [-0.25, -0.2) is 0 Å². The molecule has 0 atom stereocenters. The van der Waals surface area contributed by atoms with Crippen LogP contribution in [0.4, 0.5) is 0 Å². The summed E-state index contributed by atoms with van der Waals surface area (Å²) >= 11 is 0. The van der Waals surface area contributed by atoms with E-state index in [9.17, 15) is 0 Å². The fourth-order valence-corrected chi connectivity index (χ4v) is 3.19. The SMILES string of the molecule is NC12CC(CN(Cc3ccccc3)C1)C2. The second kappa shape index (κ2) is 3.32. The molecule has 3 aliphatic rings. The van der Waals surface area contributed by atoms with Gasteiger partial charge in [-0.05, 0) is 24.3 Å². The van der Waals surface area contributed by atoms with Crippen molar-refractivity contribution < 1.29 is 0 Å². The van der Waals surface area contributed by atoms with E-state index in [1.807, 2.05) is 0 Å². The summed E-state index contributed by atoms with van der Waals surface area (Å²) in [5.41, 5.74) is 7.80. The molecule has 1 saturated carbocycles. The fourth-order valence-electron chi connectivity index (χ4n) is 3.19. The molecule has 4 rings (SSSR count). The molecule has 1 aliphatic carbocycles. The molecule has 1 aromatic rings. The molecule has 1 aromatic carbocycles. The van der Waals surface area contributed by atoms with Crippen molar-refractivity contribution >= 4 is 0 Å². The lowest BCUT2D eigenvalue weighted by Gasteiger charge is -2.54. The van der Waals surface area contributed by atoms with Gasteiger partial charge in [-0.15, -0.1) is 0 Å². The summed E-state index contributed by atoms with van der Waals surface area (Å²) < 4.78 is 0. The van der Waals surface area contributed by atoms with Crippen LogP contribution in [0.5, 0.6) is 0 Å². The maximum atomic E-state index is 6.25. The number of hydrogen-bond donors (Lipinski definition) is 1. The molecule has 2 bridgehead atoms. The molecule has 15 heavy (non-hydrogen) atoms. The first-order chi connectivity index (χ1) is 7.23. The second-order valence-corrected chi connectivity index (χ2v) is 5.29. The fraction of sp³-hybridized carbons (Fsp3) is 0.538. The molecule has 0 amide bonds. The Morgan fingerprint density at radius 3 is 2.67 bits per heavy atom. The number of piperidine rings is 2. The Labute approximate surface area is 91.1 Å². The predicted octanol–water partition coefficient (Wildman–Crippen LogP) is 1.61. The van der Waals surface area contributed by atoms with Crippen molar-refractivity contribution in [3.05, 3.63) is 35.9 Å². The van der Waals surface area contributed by atoms with Gasteiger partial charge in [0, 0.05) is 25.2 Å². The molecule has 2 heteroatoms. The van der Waals surface area contributed by atoms with Crippen molar-refractivity contribution in [1.82, 2.24) is 4.90 Å². The van der Waals surface area contributed by atoms with E-state index in [1.54, 1.807) is 0 Å². The number of nitrogens with two attached hydrogens (primary N) is 1. The van der Waals surface area contributed by atoms with Gasteiger partial charge in [0.1, 0.15) is 0 Å². The highest BCUT2D eigenvalue weighted by Gasteiger charge is 2.46. The number of rotatable bonds is 2. The largest absolute Gasteiger partial charge is 0.324 e. The van der Waals surface area contributed by atoms with E-state index < -0.39 is 0 Å². The number of nitrogens with zero attached hydrogens (tertiary/aromatic N) is 1. The van der Waals surface area contributed by atoms with Gasteiger partial charge in [0.25, 0.3) is 0 Å². The lowest BCUT2D eigenvalue weighted by molar-refractivity contribution is -0.00125. The Kier molecular flexibility index (Phi) is 2.08. The minimum Gasteiger partial charge on any atom is -0.324 e. The third kappa shape index (κ3) is 1.80. The predicted molar refractivity (Wildman–Crippen MR) is 61.4 cm³/mol. The molecule has 2 aliphatic heterocycles. The van der Waals surface area contributed by atoms with Crippen molar-refractivity contribution in [2.45, 2.75) is 24.9 Å². The van der Waals surface area contributed by atoms with Gasteiger partial charge < -0.3 is 5.73 Å². The van der Waals surface area contributed by atoms with Crippen LogP contribution in [-0.4, -0.2) is 23.5 Å². The molecule has 0 spiro atoms. The smallest absolute Gasteiger partial charge is 0.0289 e. The van der Waals surface area contributed by atoms with Crippen LogP contribution in [0.15, 0.2) is 30.3 Å². The average Bonchev–Trinajstić information content (AvgIpc) is 2.16. The van der Waals surface area contributed by atoms with E-state index in [0.29, 0.717) is 0 Å². The first kappa shape index (κ1) is 9.37. The minimum atomic E-state index is 0.150. The number of hydrogen-bond acceptors (Lipinski definition) is 2. The van der Waals surface area contributed by atoms with Crippen molar-refractivity contribution in [2.24, 2.45) is 11.7 Å². The zero-order valence-corrected chi connectivity index (χ0v) is 9.02. The summed E-state index contributed by atoms with van der Waals surface area (Å²) in [7, 11) is 0. The second-order valence-electron chi connectivity index (χ2n) is 5.29. The molecule has 2 nitrogen and oxygen atoms in total. The van der Waals surface area contributed by atoms with E-state index in [1.165, 1.54) is 24.9 Å². The molecule has 0 aromatic heterocycles. The van der Waals surface area contributed by atoms with Gasteiger partial charge in [0.05, 0.1) is 0 Å². The van der Waals surface area contributed by atoms with E-state index in [4.69, 9.17) is 5.73 Å². The quantitative estimate of drug-likeness (QED) is 0.789. The maximum absolute atomic E-state index is 6.25. The highest BCUT2D eigenvalue weighted by molar-refractivity contribution is 5.15. The van der Waals surface area contributed by atoms with Crippen LogP contribution in [0.25, 0.3) is 0 Å². The number of benzene rings is 1. The maximum Gasteiger partial charge on any atom is 0.0289 e. The van der Waals surface area contributed by atoms with E-state index in [-0.39, 0.29) is 5.54 Å². The molecule has 2 saturated heterocycles. The topological polar surface area (TPSA) is 29.3 Å². The van der Waals surface area contributed by atoms with Gasteiger partial charge in [-0.1, -0.05) is 30.3 Å². The normalized spacial score (nSPS) is 34.9. The third-order valence-corrected chi connectivity index (χ3v) is 3.69. The zero-order valence-electron chi connectivity index (χ0n) is 9.02. The van der Waals surface area contributed by atoms with E-state index in [2.05, 4.69) is 35.2 Å². The van der Waals surface area contributed by atoms with Gasteiger partial charge in [0.2, 0.25) is 0 Å². The lowest BCUT2D eigenvalue weighted by Crippen LogP contribution is -2.65. The Morgan fingerprint density at radius 2 is 2.00 bits per heavy atom. The van der Waals surface area contributed by atoms with E-state index in [0.717, 1.165) is 19.0 Å². The van der Waals surface area contributed by atoms with Crippen molar-refractivity contribution in [2.75, 3.05) is 13.1 Å². The van der Waals surface area contributed by atoms with E-state index >= 15 is 0 Å². The molecule has 2 heterocycles. The Bertz CT molecular complexity index is 341. The molecule has 2 N–H and O–H groups in total. The molecule has 3 fully saturated rings. The Balaban J connectivity index is 1.65. The van der Waals surface area contributed by atoms with Crippen molar-refractivity contribution in [3.63, 3.8) is 0 Å². The molecule has 0 radical (unpaired) electrons. The first-order valence-electron chi connectivity index (χ1n) is 5.79. The van der Waals surface area contributed by atoms with Crippen LogP contribution in [0, 0.1) is 5.92 Å². The molecular weight excluding hydrogens is 184 g/mol. The highest BCUT2D eigenvalue weighted by atomic mass is 15.2. The summed E-state index contributed by atoms with van der Waals surface area (Å²) in [5.74, 6) is 0.868. The van der Waals surface area contributed by atoms with Crippen molar-refractivity contribution in [3.8, 4) is 0 Å². The van der Waals surface area contributed by atoms with Crippen LogP contribution in [0.3, 0.4) is 0 Å². The summed E-state index contributed by atoms with van der Waals surface area (Å²) in [6, 6.07) is 10.7. The van der Waals surface area contributed by atoms with Crippen LogP contribution < -0.4 is 5.73 Å². The Hall–Kier alpha value is -0.860. The minimum absolute atomic E-state index is 0.150. The van der Waals surface area contributed by atoms with Crippen LogP contribution in [0.1, 0.15) is 18.4 Å². The summed E-state index contributed by atoms with van der Waals surface area (Å²) in [6.45, 7) is 3.39. The van der Waals surface area contributed by atoms with Crippen molar-refractivity contribution in [1.29, 1.82) is 0 Å². The van der Waals surface area contributed by atoms with Gasteiger partial charge >= 0.3 is 0 Å². The third-order valence-electron chi connectivity index (χ3n) is 3.69. The van der Waals surface area contributed by atoms with Gasteiger partial charge in [-0.2, -0.15) is 0 Å². The lowest BCUT2D eigenvalue weighted by atomic mass is 9.65. The van der Waals surface area contributed by atoms with Crippen LogP contribution in [0.2, 0.25) is 0 Å². The summed E-state index contributed by atoms with van der Waals surface area (Å²) in [6.07, 6.45) is 2.50. The zero-order chi connectivity index (χ0) is 10.3. The standard InChI is InChI=1S/C13H18N2/c14-13-6-12(7-13)9-15(10-13)8-11-4-2-1-3-5-11/h1-5,12H,6-10,14H2. The molecule has 0 unspecified atom stereocenters. The summed E-state index contributed by atoms with van der Waals surface area (Å²) in [4.78, 5) is 2.51. The summed E-state index contributed by atoms with van der Waals surface area (Å²) in [5, 5.41) is 0. The first-order valence-corrected chi connectivity index (χ1v) is 5.79.